The Labute approximate surface area is 121 Å². The molecule has 6 nitrogen and oxygen atoms in total. The Hall–Kier alpha value is -1.89. The van der Waals surface area contributed by atoms with Gasteiger partial charge in [0.05, 0.1) is 18.8 Å². The maximum atomic E-state index is 11.9. The van der Waals surface area contributed by atoms with Crippen LogP contribution in [0.1, 0.15) is 29.9 Å². The Kier molecular flexibility index (Phi) is 4.73. The summed E-state index contributed by atoms with van der Waals surface area (Å²) in [7, 11) is 0. The van der Waals surface area contributed by atoms with Crippen LogP contribution < -0.4 is 5.32 Å². The molecule has 0 aliphatic rings. The van der Waals surface area contributed by atoms with Crippen LogP contribution in [0.5, 0.6) is 0 Å². The normalized spacial score (nSPS) is 12.2. The first-order chi connectivity index (χ1) is 9.61. The average molecular weight is 294 g/mol. The zero-order valence-electron chi connectivity index (χ0n) is 11.8. The van der Waals surface area contributed by atoms with Crippen molar-refractivity contribution in [3.63, 3.8) is 0 Å². The summed E-state index contributed by atoms with van der Waals surface area (Å²) in [4.78, 5) is 11.9. The Morgan fingerprint density at radius 2 is 2.40 bits per heavy atom. The molecule has 0 radical (unpaired) electrons. The van der Waals surface area contributed by atoms with Gasteiger partial charge < -0.3 is 10.1 Å². The van der Waals surface area contributed by atoms with Gasteiger partial charge in [-0.3, -0.25) is 4.68 Å². The highest BCUT2D eigenvalue weighted by Gasteiger charge is 2.20. The third kappa shape index (κ3) is 3.36. The largest absolute Gasteiger partial charge is 0.462 e. The topological polar surface area (TPSA) is 69.0 Å². The van der Waals surface area contributed by atoms with Crippen molar-refractivity contribution in [3.05, 3.63) is 29.7 Å². The third-order valence-corrected chi connectivity index (χ3v) is 3.61. The molecule has 0 saturated heterocycles. The van der Waals surface area contributed by atoms with Crippen LogP contribution in [-0.4, -0.2) is 32.8 Å². The molecular weight excluding hydrogens is 276 g/mol. The Morgan fingerprint density at radius 3 is 3.05 bits per heavy atom. The van der Waals surface area contributed by atoms with Gasteiger partial charge in [-0.15, -0.1) is 0 Å². The van der Waals surface area contributed by atoms with Crippen molar-refractivity contribution in [2.45, 2.75) is 33.4 Å². The molecule has 0 aliphatic heterocycles. The smallest absolute Gasteiger partial charge is 0.343 e. The summed E-state index contributed by atoms with van der Waals surface area (Å²) < 4.78 is 11.1. The Bertz CT molecular complexity index is 565. The van der Waals surface area contributed by atoms with Crippen LogP contribution in [0.2, 0.25) is 0 Å². The zero-order chi connectivity index (χ0) is 14.5. The van der Waals surface area contributed by atoms with Crippen LogP contribution in [0, 0.1) is 6.92 Å². The highest BCUT2D eigenvalue weighted by atomic mass is 32.1. The van der Waals surface area contributed by atoms with Crippen molar-refractivity contribution in [2.75, 3.05) is 11.9 Å². The number of ether oxygens (including phenoxy) is 1. The molecule has 0 fully saturated rings. The molecule has 0 bridgehead atoms. The van der Waals surface area contributed by atoms with Crippen molar-refractivity contribution in [1.29, 1.82) is 0 Å². The van der Waals surface area contributed by atoms with Crippen LogP contribution >= 0.6 is 11.5 Å². The minimum atomic E-state index is -0.326. The number of aromatic nitrogens is 3. The molecule has 2 heterocycles. The number of hydrogen-bond donors (Lipinski definition) is 1. The molecular formula is C13H18N4O2S. The van der Waals surface area contributed by atoms with Gasteiger partial charge in [0, 0.05) is 18.4 Å². The minimum absolute atomic E-state index is 0.128. The number of nitrogens with zero attached hydrogens (tertiary/aromatic N) is 3. The molecule has 1 unspecified atom stereocenters. The number of carbonyl (C=O) groups excluding carboxylic acids is 1. The van der Waals surface area contributed by atoms with Crippen molar-refractivity contribution in [2.24, 2.45) is 0 Å². The van der Waals surface area contributed by atoms with Crippen molar-refractivity contribution < 1.29 is 9.53 Å². The zero-order valence-corrected chi connectivity index (χ0v) is 12.6. The van der Waals surface area contributed by atoms with E-state index in [1.807, 2.05) is 30.8 Å². The molecule has 1 atom stereocenters. The summed E-state index contributed by atoms with van der Waals surface area (Å²) in [5.74, 6) is -0.326. The van der Waals surface area contributed by atoms with Crippen molar-refractivity contribution >= 4 is 22.5 Å². The lowest BCUT2D eigenvalue weighted by molar-refractivity contribution is 0.0527. The predicted molar refractivity (Wildman–Crippen MR) is 78.1 cm³/mol. The molecule has 0 spiro atoms. The van der Waals surface area contributed by atoms with E-state index >= 15 is 0 Å². The lowest BCUT2D eigenvalue weighted by Crippen LogP contribution is -2.23. The molecule has 20 heavy (non-hydrogen) atoms. The Morgan fingerprint density at radius 1 is 1.60 bits per heavy atom. The van der Waals surface area contributed by atoms with Crippen molar-refractivity contribution in [1.82, 2.24) is 14.2 Å². The van der Waals surface area contributed by atoms with E-state index < -0.39 is 0 Å². The third-order valence-electron chi connectivity index (χ3n) is 2.74. The number of rotatable bonds is 6. The second-order valence-corrected chi connectivity index (χ2v) is 5.24. The number of nitrogens with one attached hydrogen (secondary N) is 1. The molecule has 108 valence electrons. The molecule has 0 amide bonds. The number of hydrogen-bond acceptors (Lipinski definition) is 6. The van der Waals surface area contributed by atoms with Gasteiger partial charge in [0.25, 0.3) is 0 Å². The van der Waals surface area contributed by atoms with E-state index in [1.54, 1.807) is 13.1 Å². The molecule has 0 aliphatic carbocycles. The summed E-state index contributed by atoms with van der Waals surface area (Å²) in [6.45, 7) is 6.71. The van der Waals surface area contributed by atoms with Gasteiger partial charge in [0.1, 0.15) is 10.6 Å². The van der Waals surface area contributed by atoms with Gasteiger partial charge in [0.2, 0.25) is 0 Å². The maximum Gasteiger partial charge on any atom is 0.343 e. The number of aryl methyl sites for hydroxylation is 1. The van der Waals surface area contributed by atoms with E-state index in [1.165, 1.54) is 11.5 Å². The first-order valence-corrected chi connectivity index (χ1v) is 7.26. The van der Waals surface area contributed by atoms with Crippen molar-refractivity contribution in [3.8, 4) is 0 Å². The molecule has 2 aromatic heterocycles. The molecule has 2 rings (SSSR count). The average Bonchev–Trinajstić information content (AvgIpc) is 3.00. The summed E-state index contributed by atoms with van der Waals surface area (Å²) in [6.07, 6.45) is 3.65. The molecule has 1 N–H and O–H groups in total. The quantitative estimate of drug-likeness (QED) is 0.828. The molecule has 7 heteroatoms. The fourth-order valence-electron chi connectivity index (χ4n) is 1.87. The van der Waals surface area contributed by atoms with Crippen LogP contribution in [0.15, 0.2) is 18.5 Å². The van der Waals surface area contributed by atoms with E-state index in [2.05, 4.69) is 14.8 Å². The molecule has 0 aromatic carbocycles. The second kappa shape index (κ2) is 6.51. The SMILES string of the molecule is CCOC(=O)c1c(C)nsc1NC(C)Cn1cccn1. The van der Waals surface area contributed by atoms with Crippen LogP contribution in [0.25, 0.3) is 0 Å². The van der Waals surface area contributed by atoms with E-state index in [9.17, 15) is 4.79 Å². The highest BCUT2D eigenvalue weighted by Crippen LogP contribution is 2.26. The van der Waals surface area contributed by atoms with Crippen LogP contribution in [0.3, 0.4) is 0 Å². The number of esters is 1. The summed E-state index contributed by atoms with van der Waals surface area (Å²) >= 11 is 1.28. The van der Waals surface area contributed by atoms with Gasteiger partial charge in [-0.25, -0.2) is 4.79 Å². The van der Waals surface area contributed by atoms with E-state index in [0.29, 0.717) is 24.4 Å². The summed E-state index contributed by atoms with van der Waals surface area (Å²) in [6, 6.07) is 2.01. The van der Waals surface area contributed by atoms with Crippen LogP contribution in [-0.2, 0) is 11.3 Å². The first-order valence-electron chi connectivity index (χ1n) is 6.49. The fraction of sp³-hybridized carbons (Fsp3) is 0.462. The second-order valence-electron chi connectivity index (χ2n) is 4.47. The minimum Gasteiger partial charge on any atom is -0.462 e. The van der Waals surface area contributed by atoms with E-state index in [4.69, 9.17) is 4.74 Å². The van der Waals surface area contributed by atoms with Gasteiger partial charge in [-0.2, -0.15) is 9.47 Å². The predicted octanol–water partition coefficient (Wildman–Crippen LogP) is 2.33. The number of anilines is 1. The van der Waals surface area contributed by atoms with Gasteiger partial charge in [-0.05, 0) is 38.4 Å². The number of carbonyl (C=O) groups is 1. The fourth-order valence-corrected chi connectivity index (χ4v) is 2.77. The van der Waals surface area contributed by atoms with Gasteiger partial charge in [-0.1, -0.05) is 0 Å². The van der Waals surface area contributed by atoms with E-state index in [-0.39, 0.29) is 12.0 Å². The van der Waals surface area contributed by atoms with Gasteiger partial charge >= 0.3 is 5.97 Å². The lowest BCUT2D eigenvalue weighted by Gasteiger charge is -2.14. The van der Waals surface area contributed by atoms with E-state index in [0.717, 1.165) is 5.00 Å². The Balaban J connectivity index is 2.07. The maximum absolute atomic E-state index is 11.9. The lowest BCUT2D eigenvalue weighted by atomic mass is 10.2. The highest BCUT2D eigenvalue weighted by molar-refractivity contribution is 7.10. The standard InChI is InChI=1S/C13H18N4O2S/c1-4-19-13(18)11-10(3)16-20-12(11)15-9(2)8-17-7-5-6-14-17/h5-7,9,15H,4,8H2,1-3H3. The van der Waals surface area contributed by atoms with Crippen LogP contribution in [0.4, 0.5) is 5.00 Å². The van der Waals surface area contributed by atoms with Gasteiger partial charge in [0.15, 0.2) is 0 Å². The molecule has 0 saturated carbocycles. The summed E-state index contributed by atoms with van der Waals surface area (Å²) in [5, 5.41) is 8.22. The molecule has 2 aromatic rings. The summed E-state index contributed by atoms with van der Waals surface area (Å²) in [5.41, 5.74) is 1.23. The monoisotopic (exact) mass is 294 g/mol. The first kappa shape index (κ1) is 14.5.